The van der Waals surface area contributed by atoms with Gasteiger partial charge in [0.1, 0.15) is 0 Å². The van der Waals surface area contributed by atoms with Crippen molar-refractivity contribution in [1.29, 1.82) is 0 Å². The summed E-state index contributed by atoms with van der Waals surface area (Å²) in [4.78, 5) is 22.4. The highest BCUT2D eigenvalue weighted by atomic mass is 16.6. The Labute approximate surface area is 129 Å². The number of nitro benzene ring substituents is 1. The predicted octanol–water partition coefficient (Wildman–Crippen LogP) is 2.50. The molecule has 0 atom stereocenters. The number of para-hydroxylation sites is 1. The quantitative estimate of drug-likeness (QED) is 0.566. The molecule has 1 aromatic heterocycles. The molecule has 0 bridgehead atoms. The average Bonchev–Trinajstić information content (AvgIpc) is 2.55. The van der Waals surface area contributed by atoms with Gasteiger partial charge in [0.25, 0.3) is 11.6 Å². The average molecular weight is 310 g/mol. The van der Waals surface area contributed by atoms with Gasteiger partial charge in [-0.05, 0) is 18.2 Å². The van der Waals surface area contributed by atoms with Crippen LogP contribution in [0.1, 0.15) is 10.5 Å². The van der Waals surface area contributed by atoms with Gasteiger partial charge in [-0.1, -0.05) is 18.2 Å². The summed E-state index contributed by atoms with van der Waals surface area (Å²) >= 11 is 0. The van der Waals surface area contributed by atoms with Crippen molar-refractivity contribution >= 4 is 28.2 Å². The summed E-state index contributed by atoms with van der Waals surface area (Å²) in [7, 11) is 0. The number of aromatic nitrogens is 2. The van der Waals surface area contributed by atoms with Crippen LogP contribution in [0.15, 0.2) is 48.5 Å². The van der Waals surface area contributed by atoms with E-state index in [1.165, 1.54) is 12.1 Å². The van der Waals surface area contributed by atoms with Crippen molar-refractivity contribution in [3.05, 3.63) is 64.3 Å². The largest absolute Gasteiger partial charge is 0.505 e. The van der Waals surface area contributed by atoms with Crippen molar-refractivity contribution in [3.8, 4) is 5.75 Å². The van der Waals surface area contributed by atoms with Gasteiger partial charge in [-0.3, -0.25) is 14.9 Å². The molecule has 3 aromatic rings. The normalized spacial score (nSPS) is 10.4. The molecule has 0 aliphatic carbocycles. The standard InChI is InChI=1S/C15H10N4O4/c20-14-11-8-10(19(22)23)6-7-12(11)17-18-13(14)15(21)16-9-4-2-1-3-5-9/h1-8H,(H,16,21)(H,17,20). The molecule has 2 N–H and O–H groups in total. The number of hydrogen-bond acceptors (Lipinski definition) is 6. The third-order valence-corrected chi connectivity index (χ3v) is 3.17. The molecule has 8 heteroatoms. The lowest BCUT2D eigenvalue weighted by molar-refractivity contribution is -0.384. The van der Waals surface area contributed by atoms with E-state index in [0.717, 1.165) is 6.07 Å². The number of anilines is 1. The van der Waals surface area contributed by atoms with Gasteiger partial charge in [0.2, 0.25) is 0 Å². The fourth-order valence-corrected chi connectivity index (χ4v) is 2.06. The van der Waals surface area contributed by atoms with Gasteiger partial charge in [-0.15, -0.1) is 10.2 Å². The number of aromatic hydroxyl groups is 1. The number of non-ortho nitro benzene ring substituents is 1. The maximum Gasteiger partial charge on any atom is 0.280 e. The fraction of sp³-hybridized carbons (Fsp3) is 0. The second kappa shape index (κ2) is 5.68. The van der Waals surface area contributed by atoms with E-state index in [-0.39, 0.29) is 22.3 Å². The van der Waals surface area contributed by atoms with Crippen molar-refractivity contribution in [2.24, 2.45) is 0 Å². The van der Waals surface area contributed by atoms with E-state index in [4.69, 9.17) is 0 Å². The van der Waals surface area contributed by atoms with E-state index in [1.54, 1.807) is 30.3 Å². The molecule has 23 heavy (non-hydrogen) atoms. The SMILES string of the molecule is O=C(Nc1ccccc1)c1nnc2ccc([N+](=O)[O-])cc2c1O. The molecule has 1 amide bonds. The minimum absolute atomic E-state index is 0.0902. The second-order valence-corrected chi connectivity index (χ2v) is 4.68. The highest BCUT2D eigenvalue weighted by molar-refractivity contribution is 6.07. The lowest BCUT2D eigenvalue weighted by Crippen LogP contribution is -2.14. The number of benzene rings is 2. The van der Waals surface area contributed by atoms with Crippen LogP contribution in [-0.4, -0.2) is 26.1 Å². The molecule has 0 fully saturated rings. The van der Waals surface area contributed by atoms with Crippen LogP contribution in [0.25, 0.3) is 10.9 Å². The van der Waals surface area contributed by atoms with Crippen LogP contribution in [0.2, 0.25) is 0 Å². The van der Waals surface area contributed by atoms with Gasteiger partial charge in [-0.2, -0.15) is 0 Å². The molecule has 2 aromatic carbocycles. The van der Waals surface area contributed by atoms with E-state index in [1.807, 2.05) is 0 Å². The Morgan fingerprint density at radius 2 is 1.87 bits per heavy atom. The third kappa shape index (κ3) is 2.77. The monoisotopic (exact) mass is 310 g/mol. The zero-order valence-corrected chi connectivity index (χ0v) is 11.6. The minimum Gasteiger partial charge on any atom is -0.505 e. The van der Waals surface area contributed by atoms with Crippen LogP contribution < -0.4 is 5.32 Å². The topological polar surface area (TPSA) is 118 Å². The number of nitro groups is 1. The Balaban J connectivity index is 2.02. The van der Waals surface area contributed by atoms with E-state index < -0.39 is 16.6 Å². The molecular weight excluding hydrogens is 300 g/mol. The summed E-state index contributed by atoms with van der Waals surface area (Å²) in [5, 5.41) is 31.2. The maximum atomic E-state index is 12.2. The molecule has 0 aliphatic heterocycles. The Morgan fingerprint density at radius 1 is 1.13 bits per heavy atom. The van der Waals surface area contributed by atoms with Crippen LogP contribution >= 0.6 is 0 Å². The summed E-state index contributed by atoms with van der Waals surface area (Å²) in [5.41, 5.74) is 0.263. The minimum atomic E-state index is -0.658. The molecule has 0 unspecified atom stereocenters. The van der Waals surface area contributed by atoms with Crippen molar-refractivity contribution in [3.63, 3.8) is 0 Å². The van der Waals surface area contributed by atoms with Crippen LogP contribution in [0.4, 0.5) is 11.4 Å². The number of carbonyl (C=O) groups excluding carboxylic acids is 1. The molecular formula is C15H10N4O4. The maximum absolute atomic E-state index is 12.2. The Kier molecular flexibility index (Phi) is 3.55. The Morgan fingerprint density at radius 3 is 2.57 bits per heavy atom. The van der Waals surface area contributed by atoms with Crippen LogP contribution in [0.3, 0.4) is 0 Å². The first-order valence-corrected chi connectivity index (χ1v) is 6.56. The molecule has 0 saturated carbocycles. The first-order chi connectivity index (χ1) is 11.1. The molecule has 114 valence electrons. The first-order valence-electron chi connectivity index (χ1n) is 6.56. The van der Waals surface area contributed by atoms with Crippen molar-refractivity contribution in [2.45, 2.75) is 0 Å². The number of hydrogen-bond donors (Lipinski definition) is 2. The smallest absolute Gasteiger partial charge is 0.280 e. The summed E-state index contributed by atoms with van der Waals surface area (Å²) in [5.74, 6) is -1.11. The number of carbonyl (C=O) groups is 1. The summed E-state index contributed by atoms with van der Waals surface area (Å²) in [6.45, 7) is 0. The molecule has 0 saturated heterocycles. The highest BCUT2D eigenvalue weighted by Crippen LogP contribution is 2.29. The van der Waals surface area contributed by atoms with Gasteiger partial charge < -0.3 is 10.4 Å². The van der Waals surface area contributed by atoms with Gasteiger partial charge >= 0.3 is 0 Å². The van der Waals surface area contributed by atoms with Crippen molar-refractivity contribution < 1.29 is 14.8 Å². The van der Waals surface area contributed by atoms with Gasteiger partial charge in [0, 0.05) is 17.8 Å². The van der Waals surface area contributed by atoms with Crippen molar-refractivity contribution in [2.75, 3.05) is 5.32 Å². The number of rotatable bonds is 3. The molecule has 8 nitrogen and oxygen atoms in total. The van der Waals surface area contributed by atoms with Crippen LogP contribution in [0, 0.1) is 10.1 Å². The van der Waals surface area contributed by atoms with E-state index >= 15 is 0 Å². The zero-order chi connectivity index (χ0) is 16.4. The summed E-state index contributed by atoms with van der Waals surface area (Å²) in [6.07, 6.45) is 0. The molecule has 0 aliphatic rings. The van der Waals surface area contributed by atoms with Crippen LogP contribution in [-0.2, 0) is 0 Å². The number of fused-ring (bicyclic) bond motifs is 1. The summed E-state index contributed by atoms with van der Waals surface area (Å²) < 4.78 is 0. The lowest BCUT2D eigenvalue weighted by Gasteiger charge is -2.07. The van der Waals surface area contributed by atoms with Gasteiger partial charge in [0.05, 0.1) is 15.8 Å². The van der Waals surface area contributed by atoms with Gasteiger partial charge in [-0.25, -0.2) is 0 Å². The fourth-order valence-electron chi connectivity index (χ4n) is 2.06. The summed E-state index contributed by atoms with van der Waals surface area (Å²) in [6, 6.07) is 12.4. The Bertz CT molecular complexity index is 912. The third-order valence-electron chi connectivity index (χ3n) is 3.17. The molecule has 1 heterocycles. The zero-order valence-electron chi connectivity index (χ0n) is 11.6. The lowest BCUT2D eigenvalue weighted by atomic mass is 10.1. The van der Waals surface area contributed by atoms with Gasteiger partial charge in [0.15, 0.2) is 11.4 Å². The highest BCUT2D eigenvalue weighted by Gasteiger charge is 2.19. The second-order valence-electron chi connectivity index (χ2n) is 4.68. The molecule has 3 rings (SSSR count). The van der Waals surface area contributed by atoms with Crippen LogP contribution in [0.5, 0.6) is 5.75 Å². The predicted molar refractivity (Wildman–Crippen MR) is 82.3 cm³/mol. The first kappa shape index (κ1) is 14.4. The van der Waals surface area contributed by atoms with E-state index in [2.05, 4.69) is 15.5 Å². The Hall–Kier alpha value is -3.55. The number of nitrogens with one attached hydrogen (secondary N) is 1. The molecule has 0 radical (unpaired) electrons. The number of nitrogens with zero attached hydrogens (tertiary/aromatic N) is 3. The van der Waals surface area contributed by atoms with E-state index in [9.17, 15) is 20.0 Å². The number of amides is 1. The van der Waals surface area contributed by atoms with E-state index in [0.29, 0.717) is 5.69 Å². The van der Waals surface area contributed by atoms with Crippen molar-refractivity contribution in [1.82, 2.24) is 10.2 Å². The molecule has 0 spiro atoms.